The summed E-state index contributed by atoms with van der Waals surface area (Å²) in [5.74, 6) is -1.75. The van der Waals surface area contributed by atoms with Gasteiger partial charge in [0.2, 0.25) is 9.84 Å². The molecule has 0 aliphatic heterocycles. The van der Waals surface area contributed by atoms with Crippen LogP contribution in [0.5, 0.6) is 5.75 Å². The van der Waals surface area contributed by atoms with Gasteiger partial charge < -0.3 is 10.2 Å². The fraction of sp³-hybridized carbons (Fsp3) is 0.278. The number of rotatable bonds is 3. The number of carboxylic acid groups (broad SMARTS) is 1. The van der Waals surface area contributed by atoms with E-state index in [0.717, 1.165) is 0 Å². The largest absolute Gasteiger partial charge is 0.507 e. The van der Waals surface area contributed by atoms with Gasteiger partial charge in [0.25, 0.3) is 0 Å². The minimum atomic E-state index is -3.90. The lowest BCUT2D eigenvalue weighted by Gasteiger charge is -2.24. The van der Waals surface area contributed by atoms with Gasteiger partial charge in [-0.25, -0.2) is 13.2 Å². The van der Waals surface area contributed by atoms with E-state index in [1.807, 2.05) is 0 Å². The van der Waals surface area contributed by atoms with E-state index < -0.39 is 21.2 Å². The van der Waals surface area contributed by atoms with Gasteiger partial charge in [0.15, 0.2) is 0 Å². The third-order valence-corrected chi connectivity index (χ3v) is 5.77. The van der Waals surface area contributed by atoms with Crippen molar-refractivity contribution in [3.63, 3.8) is 0 Å². The second-order valence-corrected chi connectivity index (χ2v) is 8.56. The highest BCUT2D eigenvalue weighted by atomic mass is 32.2. The Balaban J connectivity index is 2.90. The molecule has 0 aromatic heterocycles. The lowest BCUT2D eigenvalue weighted by molar-refractivity contribution is 0.0692. The average molecular weight is 348 g/mol. The Morgan fingerprint density at radius 3 is 2.08 bits per heavy atom. The average Bonchev–Trinajstić information content (AvgIpc) is 2.46. The first-order valence-electron chi connectivity index (χ1n) is 7.38. The molecule has 0 heterocycles. The summed E-state index contributed by atoms with van der Waals surface area (Å²) in [6, 6.07) is 9.19. The molecule has 0 radical (unpaired) electrons. The van der Waals surface area contributed by atoms with Crippen LogP contribution in [0.3, 0.4) is 0 Å². The molecule has 0 aliphatic rings. The van der Waals surface area contributed by atoms with E-state index >= 15 is 0 Å². The predicted octanol–water partition coefficient (Wildman–Crippen LogP) is 3.53. The first-order chi connectivity index (χ1) is 11.0. The van der Waals surface area contributed by atoms with Crippen LogP contribution in [0.15, 0.2) is 46.2 Å². The fourth-order valence-corrected chi connectivity index (χ4v) is 4.13. The van der Waals surface area contributed by atoms with Crippen molar-refractivity contribution in [3.05, 3.63) is 53.1 Å². The summed E-state index contributed by atoms with van der Waals surface area (Å²) in [4.78, 5) is 11.6. The highest BCUT2D eigenvalue weighted by molar-refractivity contribution is 7.91. The standard InChI is InChI=1S/C18H20O5S/c1-11-14(24(22,23)12-8-6-5-7-9-12)10-13(18(2,3)4)16(19)15(11)17(20)21/h5-10,19H,1-4H3,(H,20,21). The van der Waals surface area contributed by atoms with Crippen molar-refractivity contribution in [3.8, 4) is 5.75 Å². The van der Waals surface area contributed by atoms with Crippen molar-refractivity contribution in [1.82, 2.24) is 0 Å². The van der Waals surface area contributed by atoms with Crippen molar-refractivity contribution in [2.75, 3.05) is 0 Å². The number of aromatic hydroxyl groups is 1. The Hall–Kier alpha value is -2.34. The number of carbonyl (C=O) groups is 1. The molecule has 6 heteroatoms. The van der Waals surface area contributed by atoms with E-state index in [0.29, 0.717) is 0 Å². The van der Waals surface area contributed by atoms with Crippen LogP contribution in [0.25, 0.3) is 0 Å². The Kier molecular flexibility index (Phi) is 4.46. The Morgan fingerprint density at radius 1 is 1.08 bits per heavy atom. The van der Waals surface area contributed by atoms with E-state index in [9.17, 15) is 23.4 Å². The van der Waals surface area contributed by atoms with Gasteiger partial charge in [-0.05, 0) is 36.1 Å². The highest BCUT2D eigenvalue weighted by Crippen LogP contribution is 2.39. The van der Waals surface area contributed by atoms with Gasteiger partial charge in [-0.1, -0.05) is 39.0 Å². The van der Waals surface area contributed by atoms with Crippen LogP contribution in [-0.4, -0.2) is 24.6 Å². The van der Waals surface area contributed by atoms with Crippen LogP contribution in [0.1, 0.15) is 42.3 Å². The molecule has 0 saturated carbocycles. The molecule has 0 unspecified atom stereocenters. The molecule has 0 bridgehead atoms. The molecule has 2 aromatic rings. The predicted molar refractivity (Wildman–Crippen MR) is 90.4 cm³/mol. The SMILES string of the molecule is Cc1c(S(=O)(=O)c2ccccc2)cc(C(C)(C)C)c(O)c1C(=O)O. The number of benzene rings is 2. The zero-order valence-corrected chi connectivity index (χ0v) is 14.8. The van der Waals surface area contributed by atoms with E-state index in [1.54, 1.807) is 39.0 Å². The Morgan fingerprint density at radius 2 is 1.62 bits per heavy atom. The number of hydrogen-bond acceptors (Lipinski definition) is 4. The molecular formula is C18H20O5S. The van der Waals surface area contributed by atoms with Crippen molar-refractivity contribution in [1.29, 1.82) is 0 Å². The van der Waals surface area contributed by atoms with Crippen molar-refractivity contribution in [2.45, 2.75) is 42.9 Å². The summed E-state index contributed by atoms with van der Waals surface area (Å²) in [6.45, 7) is 6.73. The summed E-state index contributed by atoms with van der Waals surface area (Å²) >= 11 is 0. The van der Waals surface area contributed by atoms with Crippen LogP contribution in [0.4, 0.5) is 0 Å². The van der Waals surface area contributed by atoms with Gasteiger partial charge in [-0.3, -0.25) is 0 Å². The summed E-state index contributed by atoms with van der Waals surface area (Å²) in [6.07, 6.45) is 0. The molecule has 2 N–H and O–H groups in total. The van der Waals surface area contributed by atoms with Crippen LogP contribution in [0.2, 0.25) is 0 Å². The summed E-state index contributed by atoms with van der Waals surface area (Å²) in [7, 11) is -3.90. The first-order valence-corrected chi connectivity index (χ1v) is 8.86. The molecule has 0 saturated heterocycles. The van der Waals surface area contributed by atoms with Crippen LogP contribution >= 0.6 is 0 Å². The van der Waals surface area contributed by atoms with Gasteiger partial charge in [-0.15, -0.1) is 0 Å². The molecule has 2 aromatic carbocycles. The van der Waals surface area contributed by atoms with Gasteiger partial charge in [0.1, 0.15) is 11.3 Å². The van der Waals surface area contributed by atoms with Crippen LogP contribution in [0, 0.1) is 6.92 Å². The van der Waals surface area contributed by atoms with Gasteiger partial charge >= 0.3 is 5.97 Å². The molecule has 5 nitrogen and oxygen atoms in total. The summed E-state index contributed by atoms with van der Waals surface area (Å²) in [5.41, 5.74) is -0.697. The molecule has 0 fully saturated rings. The van der Waals surface area contributed by atoms with Crippen LogP contribution in [-0.2, 0) is 15.3 Å². The molecule has 0 amide bonds. The summed E-state index contributed by atoms with van der Waals surface area (Å²) < 4.78 is 25.9. The van der Waals surface area contributed by atoms with Gasteiger partial charge in [0.05, 0.1) is 9.79 Å². The van der Waals surface area contributed by atoms with Crippen molar-refractivity contribution < 1.29 is 23.4 Å². The van der Waals surface area contributed by atoms with Crippen molar-refractivity contribution in [2.24, 2.45) is 0 Å². The van der Waals surface area contributed by atoms with Crippen LogP contribution < -0.4 is 0 Å². The third kappa shape index (κ3) is 3.01. The Bertz CT molecular complexity index is 891. The first kappa shape index (κ1) is 18.0. The molecule has 0 aliphatic carbocycles. The number of sulfone groups is 1. The second kappa shape index (κ2) is 5.94. The molecule has 24 heavy (non-hydrogen) atoms. The third-order valence-electron chi connectivity index (χ3n) is 3.88. The molecule has 0 atom stereocenters. The smallest absolute Gasteiger partial charge is 0.339 e. The maximum absolute atomic E-state index is 12.9. The molecule has 0 spiro atoms. The van der Waals surface area contributed by atoms with E-state index in [4.69, 9.17) is 0 Å². The fourth-order valence-electron chi connectivity index (χ4n) is 2.58. The number of carboxylic acids is 1. The zero-order chi connectivity index (χ0) is 18.3. The maximum Gasteiger partial charge on any atom is 0.339 e. The minimum absolute atomic E-state index is 0.0249. The highest BCUT2D eigenvalue weighted by Gasteiger charge is 2.31. The lowest BCUT2D eigenvalue weighted by atomic mass is 9.84. The number of phenols is 1. The van der Waals surface area contributed by atoms with Gasteiger partial charge in [0, 0.05) is 5.56 Å². The number of hydrogen-bond donors (Lipinski definition) is 2. The molecule has 128 valence electrons. The Labute approximate surface area is 141 Å². The molecular weight excluding hydrogens is 328 g/mol. The van der Waals surface area contributed by atoms with E-state index in [2.05, 4.69) is 0 Å². The topological polar surface area (TPSA) is 91.7 Å². The molecule has 2 rings (SSSR count). The normalized spacial score (nSPS) is 12.2. The van der Waals surface area contributed by atoms with Gasteiger partial charge in [-0.2, -0.15) is 0 Å². The summed E-state index contributed by atoms with van der Waals surface area (Å²) in [5, 5.41) is 19.8. The minimum Gasteiger partial charge on any atom is -0.507 e. The van der Waals surface area contributed by atoms with E-state index in [-0.39, 0.29) is 32.2 Å². The lowest BCUT2D eigenvalue weighted by Crippen LogP contribution is -2.17. The second-order valence-electron chi connectivity index (χ2n) is 6.64. The zero-order valence-electron chi connectivity index (χ0n) is 14.0. The number of aromatic carboxylic acids is 1. The maximum atomic E-state index is 12.9. The van der Waals surface area contributed by atoms with E-state index in [1.165, 1.54) is 25.1 Å². The van der Waals surface area contributed by atoms with Crippen molar-refractivity contribution >= 4 is 15.8 Å². The monoisotopic (exact) mass is 348 g/mol. The quantitative estimate of drug-likeness (QED) is 0.885.